The summed E-state index contributed by atoms with van der Waals surface area (Å²) in [4.78, 5) is 17.9. The summed E-state index contributed by atoms with van der Waals surface area (Å²) in [5.41, 5.74) is 1.99. The number of nitrogens with one attached hydrogen (secondary N) is 1. The van der Waals surface area contributed by atoms with Crippen molar-refractivity contribution in [2.75, 3.05) is 0 Å². The predicted molar refractivity (Wildman–Crippen MR) is 81.8 cm³/mol. The number of rotatable bonds is 3. The Morgan fingerprint density at radius 3 is 3.15 bits per heavy atom. The maximum absolute atomic E-state index is 12.4. The molecule has 1 amide bonds. The molecule has 0 bridgehead atoms. The van der Waals surface area contributed by atoms with Crippen LogP contribution in [0.25, 0.3) is 11.6 Å². The van der Waals surface area contributed by atoms with Crippen LogP contribution >= 0.6 is 11.3 Å². The first-order chi connectivity index (χ1) is 9.75. The molecule has 20 heavy (non-hydrogen) atoms. The van der Waals surface area contributed by atoms with Crippen molar-refractivity contribution < 1.29 is 4.79 Å². The molecule has 0 aromatic carbocycles. The monoisotopic (exact) mass is 284 g/mol. The van der Waals surface area contributed by atoms with Crippen LogP contribution in [-0.2, 0) is 6.54 Å². The molecular weight excluding hydrogens is 268 g/mol. The third kappa shape index (κ3) is 2.51. The normalized spacial score (nSPS) is 13.6. The van der Waals surface area contributed by atoms with Crippen molar-refractivity contribution in [3.05, 3.63) is 50.8 Å². The summed E-state index contributed by atoms with van der Waals surface area (Å²) in [5.74, 6) is -0.0250. The maximum atomic E-state index is 12.4. The third-order valence-electron chi connectivity index (χ3n) is 3.51. The van der Waals surface area contributed by atoms with Crippen LogP contribution in [0.3, 0.4) is 0 Å². The van der Waals surface area contributed by atoms with Crippen LogP contribution in [0.4, 0.5) is 0 Å². The zero-order valence-corrected chi connectivity index (χ0v) is 12.2. The first-order valence-electron chi connectivity index (χ1n) is 6.71. The Hall–Kier alpha value is -1.94. The predicted octanol–water partition coefficient (Wildman–Crippen LogP) is 1.82. The van der Waals surface area contributed by atoms with Crippen LogP contribution in [0, 0.1) is 0 Å². The zero-order valence-electron chi connectivity index (χ0n) is 11.3. The largest absolute Gasteiger partial charge is 0.347 e. The molecule has 0 radical (unpaired) electrons. The molecule has 2 aromatic rings. The molecule has 3 rings (SSSR count). The van der Waals surface area contributed by atoms with Crippen molar-refractivity contribution in [1.29, 1.82) is 0 Å². The molecule has 1 N–H and O–H groups in total. The second-order valence-electron chi connectivity index (χ2n) is 4.91. The Morgan fingerprint density at radius 2 is 2.35 bits per heavy atom. The molecule has 1 aliphatic rings. The summed E-state index contributed by atoms with van der Waals surface area (Å²) in [6, 6.07) is 5.82. The SMILES string of the molecule is CC1=c2nccc(C(=O)NCc3cccs3)c2=CCC1. The number of hydrogen-bond acceptors (Lipinski definition) is 3. The van der Waals surface area contributed by atoms with Crippen molar-refractivity contribution in [1.82, 2.24) is 10.3 Å². The van der Waals surface area contributed by atoms with Crippen molar-refractivity contribution in [3.8, 4) is 0 Å². The second kappa shape index (κ2) is 5.59. The lowest BCUT2D eigenvalue weighted by atomic mass is 10.0. The van der Waals surface area contributed by atoms with Gasteiger partial charge >= 0.3 is 0 Å². The van der Waals surface area contributed by atoms with Gasteiger partial charge in [-0.2, -0.15) is 0 Å². The van der Waals surface area contributed by atoms with Crippen LogP contribution in [-0.4, -0.2) is 10.9 Å². The second-order valence-corrected chi connectivity index (χ2v) is 5.94. The van der Waals surface area contributed by atoms with E-state index in [9.17, 15) is 4.79 Å². The summed E-state index contributed by atoms with van der Waals surface area (Å²) in [7, 11) is 0. The molecule has 102 valence electrons. The van der Waals surface area contributed by atoms with E-state index in [-0.39, 0.29) is 5.91 Å². The minimum absolute atomic E-state index is 0.0250. The molecule has 0 fully saturated rings. The first-order valence-corrected chi connectivity index (χ1v) is 7.59. The Morgan fingerprint density at radius 1 is 1.45 bits per heavy atom. The van der Waals surface area contributed by atoms with Gasteiger partial charge in [-0.1, -0.05) is 12.1 Å². The molecule has 0 aliphatic heterocycles. The van der Waals surface area contributed by atoms with E-state index >= 15 is 0 Å². The fraction of sp³-hybridized carbons (Fsp3) is 0.250. The highest BCUT2D eigenvalue weighted by Crippen LogP contribution is 2.08. The van der Waals surface area contributed by atoms with Crippen LogP contribution < -0.4 is 15.9 Å². The Labute approximate surface area is 121 Å². The molecule has 4 heteroatoms. The fourth-order valence-electron chi connectivity index (χ4n) is 2.45. The van der Waals surface area contributed by atoms with E-state index < -0.39 is 0 Å². The number of aromatic nitrogens is 1. The Balaban J connectivity index is 1.90. The molecular formula is C16H16N2OS. The van der Waals surface area contributed by atoms with E-state index in [0.717, 1.165) is 33.9 Å². The van der Waals surface area contributed by atoms with Crippen molar-refractivity contribution >= 4 is 28.9 Å². The van der Waals surface area contributed by atoms with Gasteiger partial charge in [-0.15, -0.1) is 11.3 Å². The molecule has 0 saturated heterocycles. The lowest BCUT2D eigenvalue weighted by Crippen LogP contribution is -2.39. The summed E-state index contributed by atoms with van der Waals surface area (Å²) in [6.45, 7) is 2.67. The van der Waals surface area contributed by atoms with Crippen LogP contribution in [0.2, 0.25) is 0 Å². The van der Waals surface area contributed by atoms with Crippen molar-refractivity contribution in [2.45, 2.75) is 26.3 Å². The molecule has 2 heterocycles. The summed E-state index contributed by atoms with van der Waals surface area (Å²) >= 11 is 1.65. The quantitative estimate of drug-likeness (QED) is 0.934. The van der Waals surface area contributed by atoms with Gasteiger partial charge in [-0.3, -0.25) is 9.78 Å². The number of pyridine rings is 1. The van der Waals surface area contributed by atoms with Crippen molar-refractivity contribution in [2.24, 2.45) is 0 Å². The van der Waals surface area contributed by atoms with E-state index in [4.69, 9.17) is 0 Å². The molecule has 0 spiro atoms. The zero-order chi connectivity index (χ0) is 13.9. The van der Waals surface area contributed by atoms with Gasteiger partial charge < -0.3 is 5.32 Å². The Bertz CT molecular complexity index is 747. The van der Waals surface area contributed by atoms with Crippen molar-refractivity contribution in [3.63, 3.8) is 0 Å². The van der Waals surface area contributed by atoms with Gasteiger partial charge in [0.15, 0.2) is 0 Å². The van der Waals surface area contributed by atoms with Gasteiger partial charge in [0, 0.05) is 21.9 Å². The lowest BCUT2D eigenvalue weighted by Gasteiger charge is -2.09. The lowest BCUT2D eigenvalue weighted by molar-refractivity contribution is 0.0950. The topological polar surface area (TPSA) is 42.0 Å². The standard InChI is InChI=1S/C16H16N2OS/c1-11-4-2-6-13-14(7-8-17-15(11)13)16(19)18-10-12-5-3-9-20-12/h3,5-9H,2,4,10H2,1H3,(H,18,19). The number of carbonyl (C=O) groups is 1. The molecule has 0 unspecified atom stereocenters. The number of hydrogen-bond donors (Lipinski definition) is 1. The number of thiophene rings is 1. The van der Waals surface area contributed by atoms with E-state index in [2.05, 4.69) is 23.3 Å². The average Bonchev–Trinajstić information content (AvgIpc) is 2.98. The van der Waals surface area contributed by atoms with Gasteiger partial charge in [-0.05, 0) is 42.9 Å². The number of nitrogens with zero attached hydrogens (tertiary/aromatic N) is 1. The van der Waals surface area contributed by atoms with E-state index in [0.29, 0.717) is 6.54 Å². The van der Waals surface area contributed by atoms with E-state index in [1.807, 2.05) is 17.5 Å². The molecule has 1 aliphatic carbocycles. The third-order valence-corrected chi connectivity index (χ3v) is 4.39. The number of fused-ring (bicyclic) bond motifs is 1. The fourth-order valence-corrected chi connectivity index (χ4v) is 3.09. The smallest absolute Gasteiger partial charge is 0.252 e. The van der Waals surface area contributed by atoms with E-state index in [1.54, 1.807) is 23.6 Å². The highest BCUT2D eigenvalue weighted by Gasteiger charge is 2.11. The van der Waals surface area contributed by atoms with Crippen LogP contribution in [0.5, 0.6) is 0 Å². The summed E-state index contributed by atoms with van der Waals surface area (Å²) in [6.07, 6.45) is 5.85. The molecule has 0 saturated carbocycles. The van der Waals surface area contributed by atoms with Crippen LogP contribution in [0.15, 0.2) is 29.8 Å². The average molecular weight is 284 g/mol. The summed E-state index contributed by atoms with van der Waals surface area (Å²) in [5, 5.41) is 6.95. The highest BCUT2D eigenvalue weighted by atomic mass is 32.1. The minimum Gasteiger partial charge on any atom is -0.347 e. The first kappa shape index (κ1) is 13.1. The number of carbonyl (C=O) groups excluding carboxylic acids is 1. The Kier molecular flexibility index (Phi) is 3.65. The maximum Gasteiger partial charge on any atom is 0.252 e. The van der Waals surface area contributed by atoms with Gasteiger partial charge in [0.2, 0.25) is 0 Å². The van der Waals surface area contributed by atoms with Gasteiger partial charge in [0.05, 0.1) is 11.9 Å². The minimum atomic E-state index is -0.0250. The van der Waals surface area contributed by atoms with Crippen LogP contribution in [0.1, 0.15) is 35.0 Å². The van der Waals surface area contributed by atoms with Gasteiger partial charge in [0.25, 0.3) is 5.91 Å². The summed E-state index contributed by atoms with van der Waals surface area (Å²) < 4.78 is 0. The number of amides is 1. The van der Waals surface area contributed by atoms with E-state index in [1.165, 1.54) is 5.57 Å². The van der Waals surface area contributed by atoms with Gasteiger partial charge in [-0.25, -0.2) is 0 Å². The molecule has 3 nitrogen and oxygen atoms in total. The highest BCUT2D eigenvalue weighted by molar-refractivity contribution is 7.09. The molecule has 2 aromatic heterocycles. The molecule has 0 atom stereocenters. The van der Waals surface area contributed by atoms with Gasteiger partial charge in [0.1, 0.15) is 0 Å².